The molecule has 0 radical (unpaired) electrons. The zero-order chi connectivity index (χ0) is 20.7. The lowest BCUT2D eigenvalue weighted by atomic mass is 9.96. The number of hydrogen-bond acceptors (Lipinski definition) is 5. The van der Waals surface area contributed by atoms with Crippen molar-refractivity contribution in [1.82, 2.24) is 29.6 Å². The van der Waals surface area contributed by atoms with Gasteiger partial charge in [-0.15, -0.1) is 0 Å². The van der Waals surface area contributed by atoms with Crippen LogP contribution in [0.15, 0.2) is 24.5 Å². The van der Waals surface area contributed by atoms with Crippen LogP contribution in [0.2, 0.25) is 0 Å². The number of nitrogens with zero attached hydrogens (tertiary/aromatic N) is 6. The maximum Gasteiger partial charge on any atom is 0.227 e. The molecule has 5 rings (SSSR count). The second-order valence-electron chi connectivity index (χ2n) is 8.29. The molecule has 3 aromatic rings. The topological polar surface area (TPSA) is 82.9 Å². The second kappa shape index (κ2) is 7.70. The number of anilines is 1. The van der Waals surface area contributed by atoms with Crippen molar-refractivity contribution in [2.45, 2.75) is 38.6 Å². The monoisotopic (exact) mass is 411 g/mol. The predicted molar refractivity (Wildman–Crippen MR) is 111 cm³/mol. The van der Waals surface area contributed by atoms with Gasteiger partial charge in [0.15, 0.2) is 11.5 Å². The highest BCUT2D eigenvalue weighted by atomic mass is 19.1. The lowest BCUT2D eigenvalue weighted by molar-refractivity contribution is -0.134. The molecule has 2 fully saturated rings. The Morgan fingerprint density at radius 3 is 2.80 bits per heavy atom. The molecule has 5 heterocycles. The summed E-state index contributed by atoms with van der Waals surface area (Å²) in [5.41, 5.74) is 1.45. The Bertz CT molecular complexity index is 1050. The highest BCUT2D eigenvalue weighted by Crippen LogP contribution is 2.26. The van der Waals surface area contributed by atoms with Crippen LogP contribution < -0.4 is 4.90 Å². The minimum Gasteiger partial charge on any atom is -0.356 e. The third-order valence-electron chi connectivity index (χ3n) is 6.22. The lowest BCUT2D eigenvalue weighted by Crippen LogP contribution is -2.44. The van der Waals surface area contributed by atoms with E-state index in [0.717, 1.165) is 56.7 Å². The molecule has 2 atom stereocenters. The van der Waals surface area contributed by atoms with Gasteiger partial charge >= 0.3 is 0 Å². The number of likely N-dealkylation sites (tertiary alicyclic amines) is 1. The molecule has 1 amide bonds. The van der Waals surface area contributed by atoms with E-state index in [0.29, 0.717) is 23.9 Å². The zero-order valence-electron chi connectivity index (χ0n) is 17.1. The predicted octanol–water partition coefficient (Wildman–Crippen LogP) is 2.74. The van der Waals surface area contributed by atoms with Crippen molar-refractivity contribution >= 4 is 22.9 Å². The minimum atomic E-state index is -0.374. The third kappa shape index (κ3) is 3.53. The van der Waals surface area contributed by atoms with E-state index in [1.165, 1.54) is 17.1 Å². The Labute approximate surface area is 174 Å². The van der Waals surface area contributed by atoms with Crippen molar-refractivity contribution in [2.24, 2.45) is 5.92 Å². The number of rotatable bonds is 4. The van der Waals surface area contributed by atoms with Gasteiger partial charge in [0, 0.05) is 26.2 Å². The number of fused-ring (bicyclic) bond motifs is 1. The number of carbonyl (C=O) groups is 1. The van der Waals surface area contributed by atoms with Gasteiger partial charge in [-0.1, -0.05) is 0 Å². The number of halogens is 1. The number of nitrogens with one attached hydrogen (secondary N) is 1. The Morgan fingerprint density at radius 2 is 2.03 bits per heavy atom. The Hall–Kier alpha value is -2.97. The summed E-state index contributed by atoms with van der Waals surface area (Å²) in [6, 6.07) is 3.68. The maximum absolute atomic E-state index is 13.3. The number of hydrogen-bond donors (Lipinski definition) is 1. The molecule has 0 saturated carbocycles. The number of pyridine rings is 1. The van der Waals surface area contributed by atoms with Gasteiger partial charge in [0.25, 0.3) is 0 Å². The van der Waals surface area contributed by atoms with Gasteiger partial charge in [-0.25, -0.2) is 14.4 Å². The standard InChI is InChI=1S/C21H26FN7O/c1-14(29-13-16(22)11-23-29)19-24-17-6-7-18(25-20(17)26-19)28-10-4-5-15(12-28)21(30)27-8-2-3-9-27/h6-7,11,13-15H,2-5,8-10,12H2,1H3,(H,24,25,26)/t14-,15-/m1/s1. The molecule has 2 saturated heterocycles. The molecule has 2 aliphatic heterocycles. The number of aromatic amines is 1. The molecule has 2 aliphatic rings. The molecule has 0 spiro atoms. The second-order valence-corrected chi connectivity index (χ2v) is 8.29. The Kier molecular flexibility index (Phi) is 4.88. The van der Waals surface area contributed by atoms with E-state index in [1.807, 2.05) is 24.0 Å². The van der Waals surface area contributed by atoms with E-state index in [4.69, 9.17) is 4.98 Å². The molecular formula is C21H26FN7O. The zero-order valence-corrected chi connectivity index (χ0v) is 17.1. The Balaban J connectivity index is 1.35. The van der Waals surface area contributed by atoms with E-state index in [2.05, 4.69) is 20.0 Å². The smallest absolute Gasteiger partial charge is 0.227 e. The van der Waals surface area contributed by atoms with Crippen LogP contribution in [-0.4, -0.2) is 61.7 Å². The summed E-state index contributed by atoms with van der Waals surface area (Å²) >= 11 is 0. The van der Waals surface area contributed by atoms with E-state index < -0.39 is 0 Å². The van der Waals surface area contributed by atoms with Crippen LogP contribution in [0.25, 0.3) is 11.2 Å². The minimum absolute atomic E-state index is 0.0430. The average Bonchev–Trinajstić information content (AvgIpc) is 3.52. The van der Waals surface area contributed by atoms with Crippen LogP contribution in [0.1, 0.15) is 44.5 Å². The van der Waals surface area contributed by atoms with Crippen molar-refractivity contribution in [3.05, 3.63) is 36.2 Å². The van der Waals surface area contributed by atoms with Gasteiger partial charge in [-0.2, -0.15) is 5.10 Å². The van der Waals surface area contributed by atoms with Crippen LogP contribution in [0.3, 0.4) is 0 Å². The van der Waals surface area contributed by atoms with Gasteiger partial charge in [-0.05, 0) is 44.7 Å². The third-order valence-corrected chi connectivity index (χ3v) is 6.22. The van der Waals surface area contributed by atoms with Crippen molar-refractivity contribution in [2.75, 3.05) is 31.1 Å². The fourth-order valence-corrected chi connectivity index (χ4v) is 4.51. The molecule has 9 heteroatoms. The quantitative estimate of drug-likeness (QED) is 0.714. The van der Waals surface area contributed by atoms with E-state index >= 15 is 0 Å². The molecule has 1 N–H and O–H groups in total. The first-order chi connectivity index (χ1) is 14.6. The largest absolute Gasteiger partial charge is 0.356 e. The van der Waals surface area contributed by atoms with Crippen molar-refractivity contribution in [3.8, 4) is 0 Å². The highest BCUT2D eigenvalue weighted by molar-refractivity contribution is 5.80. The highest BCUT2D eigenvalue weighted by Gasteiger charge is 2.31. The molecule has 30 heavy (non-hydrogen) atoms. The number of amides is 1. The number of carbonyl (C=O) groups excluding carboxylic acids is 1. The molecule has 8 nitrogen and oxygen atoms in total. The summed E-state index contributed by atoms with van der Waals surface area (Å²) in [6.07, 6.45) is 6.70. The summed E-state index contributed by atoms with van der Waals surface area (Å²) in [5.74, 6) is 1.50. The van der Waals surface area contributed by atoms with Crippen LogP contribution >= 0.6 is 0 Å². The molecule has 158 valence electrons. The van der Waals surface area contributed by atoms with E-state index in [9.17, 15) is 9.18 Å². The van der Waals surface area contributed by atoms with Crippen LogP contribution in [0.4, 0.5) is 10.2 Å². The van der Waals surface area contributed by atoms with Crippen molar-refractivity contribution in [1.29, 1.82) is 0 Å². The Morgan fingerprint density at radius 1 is 1.20 bits per heavy atom. The average molecular weight is 411 g/mol. The summed E-state index contributed by atoms with van der Waals surface area (Å²) < 4.78 is 14.8. The van der Waals surface area contributed by atoms with Crippen molar-refractivity contribution < 1.29 is 9.18 Å². The molecule has 3 aromatic heterocycles. The van der Waals surface area contributed by atoms with Gasteiger partial charge < -0.3 is 14.8 Å². The SMILES string of the molecule is C[C@H](c1nc2ccc(N3CCC[C@@H](C(=O)N4CCCC4)C3)nc2[nH]1)n1cc(F)cn1. The van der Waals surface area contributed by atoms with Crippen LogP contribution in [0, 0.1) is 11.7 Å². The first-order valence-electron chi connectivity index (χ1n) is 10.7. The van der Waals surface area contributed by atoms with Gasteiger partial charge in [0.2, 0.25) is 5.91 Å². The first kappa shape index (κ1) is 19.0. The fraction of sp³-hybridized carbons (Fsp3) is 0.524. The number of imidazole rings is 1. The molecule has 0 aliphatic carbocycles. The molecular weight excluding hydrogens is 385 g/mol. The van der Waals surface area contributed by atoms with Crippen LogP contribution in [0.5, 0.6) is 0 Å². The van der Waals surface area contributed by atoms with Gasteiger partial charge in [0.1, 0.15) is 23.2 Å². The van der Waals surface area contributed by atoms with Crippen LogP contribution in [-0.2, 0) is 4.79 Å². The number of aromatic nitrogens is 5. The fourth-order valence-electron chi connectivity index (χ4n) is 4.51. The van der Waals surface area contributed by atoms with Gasteiger partial charge in [0.05, 0.1) is 18.3 Å². The maximum atomic E-state index is 13.3. The molecule has 0 aromatic carbocycles. The lowest BCUT2D eigenvalue weighted by Gasteiger charge is -2.34. The van der Waals surface area contributed by atoms with Gasteiger partial charge in [-0.3, -0.25) is 9.48 Å². The molecule has 0 bridgehead atoms. The summed E-state index contributed by atoms with van der Waals surface area (Å²) in [5, 5.41) is 4.03. The van der Waals surface area contributed by atoms with Crippen molar-refractivity contribution in [3.63, 3.8) is 0 Å². The summed E-state index contributed by atoms with van der Waals surface area (Å²) in [6.45, 7) is 5.30. The normalized spacial score (nSPS) is 20.8. The summed E-state index contributed by atoms with van der Waals surface area (Å²) in [4.78, 5) is 29.7. The molecule has 0 unspecified atom stereocenters. The van der Waals surface area contributed by atoms with E-state index in [-0.39, 0.29) is 17.8 Å². The number of H-pyrrole nitrogens is 1. The van der Waals surface area contributed by atoms with E-state index in [1.54, 1.807) is 0 Å². The summed E-state index contributed by atoms with van der Waals surface area (Å²) in [7, 11) is 0. The number of piperidine rings is 1. The first-order valence-corrected chi connectivity index (χ1v) is 10.7.